The van der Waals surface area contributed by atoms with Gasteiger partial charge in [-0.2, -0.15) is 0 Å². The molecule has 3 N–H and O–H groups in total. The van der Waals surface area contributed by atoms with E-state index in [1.54, 1.807) is 0 Å². The van der Waals surface area contributed by atoms with Crippen molar-refractivity contribution < 1.29 is 44.0 Å². The van der Waals surface area contributed by atoms with Gasteiger partial charge in [-0.15, -0.1) is 0 Å². The lowest BCUT2D eigenvalue weighted by Gasteiger charge is -2.21. The van der Waals surface area contributed by atoms with Gasteiger partial charge < -0.3 is 29.7 Å². The number of aliphatic hydroxyl groups is 1. The lowest BCUT2D eigenvalue weighted by molar-refractivity contribution is -0.148. The van der Waals surface area contributed by atoms with E-state index >= 15 is 0 Å². The van der Waals surface area contributed by atoms with Crippen LogP contribution in [0.1, 0.15) is 373 Å². The molecule has 0 aromatic carbocycles. The molecule has 10 heteroatoms. The van der Waals surface area contributed by atoms with E-state index in [2.05, 4.69) is 67.4 Å². The van der Waals surface area contributed by atoms with Crippen molar-refractivity contribution in [1.82, 2.24) is 4.90 Å². The zero-order valence-corrected chi connectivity index (χ0v) is 57.9. The number of carboxylic acids is 2. The van der Waals surface area contributed by atoms with Crippen molar-refractivity contribution in [3.8, 4) is 0 Å². The fraction of sp³-hybridized carbons (Fsp3) is 0.846. The third-order valence-corrected chi connectivity index (χ3v) is 17.7. The lowest BCUT2D eigenvalue weighted by Crippen LogP contribution is -2.29. The molecule has 0 aliphatic rings. The number of nitrogens with zero attached hydrogens (tertiary/aromatic N) is 1. The number of ether oxygens (including phenoxy) is 2. The molecule has 0 saturated carbocycles. The first kappa shape index (κ1) is 84.8. The first-order chi connectivity index (χ1) is 43.2. The highest BCUT2D eigenvalue weighted by atomic mass is 16.5. The number of hydrogen-bond donors (Lipinski definition) is 3. The first-order valence-electron chi connectivity index (χ1n) is 37.9. The maximum atomic E-state index is 12.2. The van der Waals surface area contributed by atoms with Crippen LogP contribution in [0, 0.1) is 11.8 Å². The Morgan fingerprint density at radius 3 is 0.807 bits per heavy atom. The maximum absolute atomic E-state index is 12.2. The Balaban J connectivity index is 3.70. The van der Waals surface area contributed by atoms with Gasteiger partial charge in [0.15, 0.2) is 0 Å². The van der Waals surface area contributed by atoms with Crippen molar-refractivity contribution in [2.24, 2.45) is 11.8 Å². The molecule has 0 rings (SSSR count). The van der Waals surface area contributed by atoms with Gasteiger partial charge in [-0.3, -0.25) is 19.2 Å². The number of allylic oxidation sites excluding steroid dienone is 8. The molecule has 0 amide bonds. The highest BCUT2D eigenvalue weighted by molar-refractivity contribution is 5.71. The average molecular weight is 1240 g/mol. The molecule has 0 bridgehead atoms. The largest absolute Gasteiger partial charge is 0.481 e. The number of hydrogen-bond acceptors (Lipinski definition) is 8. The van der Waals surface area contributed by atoms with Gasteiger partial charge in [-0.05, 0) is 167 Å². The molecule has 514 valence electrons. The minimum atomic E-state index is -0.778. The normalized spacial score (nSPS) is 12.7. The molecular formula is C78H143NO9. The van der Waals surface area contributed by atoms with Crippen LogP contribution in [-0.4, -0.2) is 83.6 Å². The summed E-state index contributed by atoms with van der Waals surface area (Å²) in [7, 11) is 0. The summed E-state index contributed by atoms with van der Waals surface area (Å²) < 4.78 is 10.8. The van der Waals surface area contributed by atoms with E-state index in [1.165, 1.54) is 193 Å². The Kier molecular flexibility index (Phi) is 68.6. The standard InChI is InChI=1S/C78H143NO9/c1-3-5-7-9-11-13-15-17-19-27-33-39-45-51-57-63-75(81)87-71-65-73(77(83)84)61-55-49-43-37-31-25-21-23-29-35-41-47-53-59-67-79(69-70-80)68-60-54-48-42-36-30-24-22-26-32-38-44-50-56-62-74(78(85)86)66-72-88-76(82)64-58-52-46-40-34-28-20-18-16-14-12-10-8-6-4-2/h17-22,25-26,73-74,80H,3-16,23-24,27-72H2,1-2H3,(H,83,84)(H,85,86)/b19-17-,20-18-,25-21-,26-22-. The second-order valence-electron chi connectivity index (χ2n) is 26.1. The van der Waals surface area contributed by atoms with E-state index in [0.717, 1.165) is 148 Å². The van der Waals surface area contributed by atoms with Crippen molar-refractivity contribution in [2.75, 3.05) is 39.5 Å². The molecule has 0 spiro atoms. The topological polar surface area (TPSA) is 151 Å². The highest BCUT2D eigenvalue weighted by Gasteiger charge is 2.19. The fourth-order valence-corrected chi connectivity index (χ4v) is 11.8. The zero-order valence-electron chi connectivity index (χ0n) is 57.9. The van der Waals surface area contributed by atoms with Crippen LogP contribution >= 0.6 is 0 Å². The summed E-state index contributed by atoms with van der Waals surface area (Å²) in [4.78, 5) is 50.6. The van der Waals surface area contributed by atoms with Crippen molar-refractivity contribution in [3.05, 3.63) is 48.6 Å². The van der Waals surface area contributed by atoms with Crippen molar-refractivity contribution in [3.63, 3.8) is 0 Å². The van der Waals surface area contributed by atoms with Crippen LogP contribution in [-0.2, 0) is 28.7 Å². The summed E-state index contributed by atoms with van der Waals surface area (Å²) in [6.07, 6.45) is 81.6. The second-order valence-corrected chi connectivity index (χ2v) is 26.1. The van der Waals surface area contributed by atoms with E-state index in [-0.39, 0.29) is 31.8 Å². The summed E-state index contributed by atoms with van der Waals surface area (Å²) in [5.41, 5.74) is 0. The van der Waals surface area contributed by atoms with Crippen LogP contribution in [0.4, 0.5) is 0 Å². The summed E-state index contributed by atoms with van der Waals surface area (Å²) in [5, 5.41) is 29.1. The van der Waals surface area contributed by atoms with Crippen molar-refractivity contribution in [2.45, 2.75) is 373 Å². The van der Waals surface area contributed by atoms with Crippen LogP contribution in [0.5, 0.6) is 0 Å². The molecule has 0 saturated heterocycles. The Morgan fingerprint density at radius 1 is 0.307 bits per heavy atom. The summed E-state index contributed by atoms with van der Waals surface area (Å²) in [6.45, 7) is 8.14. The number of carboxylic acid groups (broad SMARTS) is 2. The van der Waals surface area contributed by atoms with E-state index in [4.69, 9.17) is 9.47 Å². The third kappa shape index (κ3) is 65.7. The summed E-state index contributed by atoms with van der Waals surface area (Å²) in [5.74, 6) is -2.82. The van der Waals surface area contributed by atoms with Crippen LogP contribution in [0.25, 0.3) is 0 Å². The molecule has 2 atom stereocenters. The van der Waals surface area contributed by atoms with Gasteiger partial charge in [-0.1, -0.05) is 255 Å². The number of carbonyl (C=O) groups excluding carboxylic acids is 2. The molecule has 0 radical (unpaired) electrons. The van der Waals surface area contributed by atoms with Gasteiger partial charge in [-0.25, -0.2) is 0 Å². The number of aliphatic hydroxyl groups excluding tert-OH is 1. The summed E-state index contributed by atoms with van der Waals surface area (Å²) in [6, 6.07) is 0. The van der Waals surface area contributed by atoms with Crippen LogP contribution < -0.4 is 0 Å². The molecule has 2 unspecified atom stereocenters. The van der Waals surface area contributed by atoms with Gasteiger partial charge in [0.25, 0.3) is 0 Å². The monoisotopic (exact) mass is 1240 g/mol. The van der Waals surface area contributed by atoms with Gasteiger partial charge in [0.2, 0.25) is 0 Å². The maximum Gasteiger partial charge on any atom is 0.306 e. The molecular weight excluding hydrogens is 1090 g/mol. The Morgan fingerprint density at radius 2 is 0.545 bits per heavy atom. The van der Waals surface area contributed by atoms with E-state index in [0.29, 0.717) is 38.5 Å². The number of rotatable bonds is 72. The molecule has 0 aliphatic heterocycles. The summed E-state index contributed by atoms with van der Waals surface area (Å²) >= 11 is 0. The Hall–Kier alpha value is -3.24. The third-order valence-electron chi connectivity index (χ3n) is 17.7. The quantitative estimate of drug-likeness (QED) is 0.0305. The molecule has 0 heterocycles. The van der Waals surface area contributed by atoms with Gasteiger partial charge in [0.1, 0.15) is 0 Å². The number of carbonyl (C=O) groups is 4. The Bertz CT molecular complexity index is 1510. The van der Waals surface area contributed by atoms with Gasteiger partial charge in [0, 0.05) is 19.4 Å². The Labute approximate surface area is 543 Å². The molecule has 0 aliphatic carbocycles. The average Bonchev–Trinajstić information content (AvgIpc) is 3.54. The number of unbranched alkanes of at least 4 members (excludes halogenated alkanes) is 42. The predicted molar refractivity (Wildman–Crippen MR) is 374 cm³/mol. The van der Waals surface area contributed by atoms with Crippen LogP contribution in [0.2, 0.25) is 0 Å². The lowest BCUT2D eigenvalue weighted by atomic mass is 9.97. The van der Waals surface area contributed by atoms with Crippen LogP contribution in [0.15, 0.2) is 48.6 Å². The highest BCUT2D eigenvalue weighted by Crippen LogP contribution is 2.20. The SMILES string of the molecule is CCCCCCCC/C=C\CCCCCCCC(=O)OCCC(CCCCCC/C=C\CCCCCCCCN(CCO)CCCCCCCC/C=C\CCCCCCC(CCOC(=O)CCCCCCC/C=C\CCCCCCCC)C(=O)O)C(=O)O. The molecule has 0 fully saturated rings. The minimum Gasteiger partial charge on any atom is -0.481 e. The van der Waals surface area contributed by atoms with E-state index < -0.39 is 23.8 Å². The van der Waals surface area contributed by atoms with Gasteiger partial charge in [0.05, 0.1) is 31.7 Å². The molecule has 0 aromatic heterocycles. The predicted octanol–water partition coefficient (Wildman–Crippen LogP) is 22.9. The number of esters is 2. The van der Waals surface area contributed by atoms with E-state index in [9.17, 15) is 34.5 Å². The molecule has 10 nitrogen and oxygen atoms in total. The number of aliphatic carboxylic acids is 2. The smallest absolute Gasteiger partial charge is 0.306 e. The van der Waals surface area contributed by atoms with Crippen LogP contribution in [0.3, 0.4) is 0 Å². The first-order valence-corrected chi connectivity index (χ1v) is 37.9. The van der Waals surface area contributed by atoms with Crippen molar-refractivity contribution in [1.29, 1.82) is 0 Å². The molecule has 0 aromatic rings. The second kappa shape index (κ2) is 71.2. The fourth-order valence-electron chi connectivity index (χ4n) is 11.8. The zero-order chi connectivity index (χ0) is 64.0. The molecule has 88 heavy (non-hydrogen) atoms. The van der Waals surface area contributed by atoms with Crippen molar-refractivity contribution >= 4 is 23.9 Å². The van der Waals surface area contributed by atoms with E-state index in [1.807, 2.05) is 0 Å². The minimum absolute atomic E-state index is 0.192. The van der Waals surface area contributed by atoms with Gasteiger partial charge >= 0.3 is 23.9 Å².